The standard InChI is InChI=1S/C36H49N11O4/c1-24-17-45(18-25(2)50-24)30-9-11-31(12-10-30)47-20-32(34(42-47)49-22-36(4,5)21-48-6)41-35-38-15-29(16-39-35)27-7-8-28(14-37)33(13-27)51-26(3)19-46-23-40-43-44-46/h7-8,13,15-16,20,23-26,30-31H,9-12,17-19,21-22H2,1-6H3,(H,38,39,41)/t24-,25+,26?,30?,31?. The zero-order valence-electron chi connectivity index (χ0n) is 30.4. The summed E-state index contributed by atoms with van der Waals surface area (Å²) in [6.07, 6.45) is 11.6. The molecule has 15 nitrogen and oxygen atoms in total. The molecule has 0 radical (unpaired) electrons. The molecule has 0 bridgehead atoms. The highest BCUT2D eigenvalue weighted by atomic mass is 16.5. The molecule has 4 heterocycles. The van der Waals surface area contributed by atoms with E-state index in [1.165, 1.54) is 6.33 Å². The molecule has 15 heteroatoms. The van der Waals surface area contributed by atoms with Crippen LogP contribution in [0.4, 0.5) is 11.6 Å². The summed E-state index contributed by atoms with van der Waals surface area (Å²) in [5.41, 5.74) is 2.53. The second kappa shape index (κ2) is 16.1. The van der Waals surface area contributed by atoms with Crippen molar-refractivity contribution in [3.63, 3.8) is 0 Å². The van der Waals surface area contributed by atoms with E-state index in [0.717, 1.165) is 49.9 Å². The zero-order valence-corrected chi connectivity index (χ0v) is 30.4. The summed E-state index contributed by atoms with van der Waals surface area (Å²) in [6, 6.07) is 8.47. The van der Waals surface area contributed by atoms with Gasteiger partial charge < -0.3 is 24.3 Å². The molecule has 272 valence electrons. The minimum absolute atomic E-state index is 0.201. The Kier molecular flexibility index (Phi) is 11.4. The maximum atomic E-state index is 9.70. The molecule has 3 atom stereocenters. The van der Waals surface area contributed by atoms with Gasteiger partial charge in [0.25, 0.3) is 5.88 Å². The molecular weight excluding hydrogens is 650 g/mol. The first-order chi connectivity index (χ1) is 24.6. The Morgan fingerprint density at radius 2 is 1.76 bits per heavy atom. The first-order valence-electron chi connectivity index (χ1n) is 17.7. The van der Waals surface area contributed by atoms with Gasteiger partial charge in [-0.3, -0.25) is 9.58 Å². The van der Waals surface area contributed by atoms with Crippen LogP contribution in [0.1, 0.15) is 71.9 Å². The third-order valence-corrected chi connectivity index (χ3v) is 9.33. The fourth-order valence-corrected chi connectivity index (χ4v) is 6.99. The fraction of sp³-hybridized carbons (Fsp3) is 0.583. The lowest BCUT2D eigenvalue weighted by Gasteiger charge is -2.42. The lowest BCUT2D eigenvalue weighted by molar-refractivity contribution is -0.0852. The van der Waals surface area contributed by atoms with E-state index < -0.39 is 0 Å². The van der Waals surface area contributed by atoms with Gasteiger partial charge in [-0.2, -0.15) is 5.26 Å². The fourth-order valence-electron chi connectivity index (χ4n) is 6.99. The van der Waals surface area contributed by atoms with E-state index in [9.17, 15) is 5.26 Å². The molecule has 1 aromatic carbocycles. The van der Waals surface area contributed by atoms with Gasteiger partial charge in [-0.05, 0) is 74.6 Å². The molecule has 51 heavy (non-hydrogen) atoms. The van der Waals surface area contributed by atoms with Gasteiger partial charge in [0.05, 0.1) is 49.8 Å². The molecule has 0 amide bonds. The van der Waals surface area contributed by atoms with Crippen molar-refractivity contribution in [2.75, 3.05) is 38.7 Å². The van der Waals surface area contributed by atoms with Gasteiger partial charge in [-0.15, -0.1) is 10.2 Å². The molecule has 1 saturated heterocycles. The van der Waals surface area contributed by atoms with Crippen LogP contribution in [-0.4, -0.2) is 103 Å². The van der Waals surface area contributed by atoms with Gasteiger partial charge >= 0.3 is 0 Å². The summed E-state index contributed by atoms with van der Waals surface area (Å²) in [5, 5.41) is 29.2. The van der Waals surface area contributed by atoms with Gasteiger partial charge in [-0.1, -0.05) is 19.9 Å². The van der Waals surface area contributed by atoms with E-state index in [4.69, 9.17) is 24.0 Å². The number of rotatable bonds is 14. The average Bonchev–Trinajstić information content (AvgIpc) is 3.77. The molecule has 3 aromatic heterocycles. The van der Waals surface area contributed by atoms with E-state index in [1.807, 2.05) is 25.3 Å². The van der Waals surface area contributed by atoms with Crippen molar-refractivity contribution >= 4 is 11.6 Å². The van der Waals surface area contributed by atoms with Gasteiger partial charge in [0.1, 0.15) is 29.9 Å². The Morgan fingerprint density at radius 1 is 1.04 bits per heavy atom. The summed E-state index contributed by atoms with van der Waals surface area (Å²) in [4.78, 5) is 11.9. The number of anilines is 2. The molecule has 1 saturated carbocycles. The highest BCUT2D eigenvalue weighted by Crippen LogP contribution is 2.36. The van der Waals surface area contributed by atoms with E-state index in [1.54, 1.807) is 30.3 Å². The van der Waals surface area contributed by atoms with Gasteiger partial charge in [0, 0.05) is 49.6 Å². The van der Waals surface area contributed by atoms with Gasteiger partial charge in [0.15, 0.2) is 0 Å². The molecular formula is C36H49N11O4. The zero-order chi connectivity index (χ0) is 36.0. The predicted octanol–water partition coefficient (Wildman–Crippen LogP) is 5.05. The number of nitrogens with one attached hydrogen (secondary N) is 1. The Balaban J connectivity index is 1.15. The van der Waals surface area contributed by atoms with Crippen molar-refractivity contribution in [2.24, 2.45) is 5.41 Å². The lowest BCUT2D eigenvalue weighted by atomic mass is 9.89. The molecule has 1 aliphatic heterocycles. The second-order valence-electron chi connectivity index (χ2n) is 14.6. The number of nitriles is 1. The summed E-state index contributed by atoms with van der Waals surface area (Å²) in [7, 11) is 1.70. The molecule has 1 N–H and O–H groups in total. The largest absolute Gasteiger partial charge is 0.487 e. The number of hydrogen-bond acceptors (Lipinski definition) is 13. The summed E-state index contributed by atoms with van der Waals surface area (Å²) >= 11 is 0. The molecule has 2 fully saturated rings. The average molecular weight is 700 g/mol. The normalized spacial score (nSPS) is 21.9. The SMILES string of the molecule is COCC(C)(C)COc1nn(C2CCC(N3C[C@@H](C)O[C@@H](C)C3)CC2)cc1Nc1ncc(-c2ccc(C#N)c(OC(C)Cn3cnnn3)c2)cn1. The number of methoxy groups -OCH3 is 1. The third kappa shape index (κ3) is 9.37. The minimum atomic E-state index is -0.275. The number of hydrogen-bond donors (Lipinski definition) is 1. The summed E-state index contributed by atoms with van der Waals surface area (Å²) < 4.78 is 27.5. The van der Waals surface area contributed by atoms with Crippen molar-refractivity contribution in [3.05, 3.63) is 48.7 Å². The third-order valence-electron chi connectivity index (χ3n) is 9.33. The number of morpholine rings is 1. The highest BCUT2D eigenvalue weighted by Gasteiger charge is 2.32. The van der Waals surface area contributed by atoms with Crippen molar-refractivity contribution in [2.45, 2.75) is 97.2 Å². The smallest absolute Gasteiger partial charge is 0.256 e. The monoisotopic (exact) mass is 699 g/mol. The Morgan fingerprint density at radius 3 is 2.43 bits per heavy atom. The summed E-state index contributed by atoms with van der Waals surface area (Å²) in [6.45, 7) is 13.9. The Labute approximate surface area is 299 Å². The van der Waals surface area contributed by atoms with E-state index >= 15 is 0 Å². The van der Waals surface area contributed by atoms with Crippen LogP contribution in [-0.2, 0) is 16.0 Å². The van der Waals surface area contributed by atoms with Crippen LogP contribution in [0, 0.1) is 16.7 Å². The van der Waals surface area contributed by atoms with Crippen LogP contribution in [0.25, 0.3) is 11.1 Å². The number of nitrogens with zero attached hydrogens (tertiary/aromatic N) is 10. The number of aromatic nitrogens is 8. The van der Waals surface area contributed by atoms with Gasteiger partial charge in [0.2, 0.25) is 5.95 Å². The molecule has 1 unspecified atom stereocenters. The van der Waals surface area contributed by atoms with Crippen molar-refractivity contribution in [1.82, 2.24) is 44.9 Å². The highest BCUT2D eigenvalue weighted by molar-refractivity contribution is 5.67. The molecule has 1 aliphatic carbocycles. The molecule has 6 rings (SSSR count). The van der Waals surface area contributed by atoms with Gasteiger partial charge in [-0.25, -0.2) is 14.6 Å². The van der Waals surface area contributed by atoms with Crippen molar-refractivity contribution < 1.29 is 18.9 Å². The van der Waals surface area contributed by atoms with Crippen LogP contribution in [0.5, 0.6) is 11.6 Å². The molecule has 4 aromatic rings. The van der Waals surface area contributed by atoms with Crippen LogP contribution < -0.4 is 14.8 Å². The quantitative estimate of drug-likeness (QED) is 0.186. The maximum absolute atomic E-state index is 9.70. The molecule has 0 spiro atoms. The Bertz CT molecular complexity index is 1740. The van der Waals surface area contributed by atoms with E-state index in [0.29, 0.717) is 54.6 Å². The lowest BCUT2D eigenvalue weighted by Crippen LogP contribution is -2.51. The molecule has 2 aliphatic rings. The maximum Gasteiger partial charge on any atom is 0.256 e. The van der Waals surface area contributed by atoms with Crippen LogP contribution in [0.15, 0.2) is 43.1 Å². The Hall–Kier alpha value is -4.65. The number of tetrazole rings is 1. The van der Waals surface area contributed by atoms with Crippen LogP contribution in [0.3, 0.4) is 0 Å². The number of ether oxygens (including phenoxy) is 4. The number of benzene rings is 1. The summed E-state index contributed by atoms with van der Waals surface area (Å²) in [5.74, 6) is 1.39. The second-order valence-corrected chi connectivity index (χ2v) is 14.6. The van der Waals surface area contributed by atoms with Crippen molar-refractivity contribution in [3.8, 4) is 28.8 Å². The minimum Gasteiger partial charge on any atom is -0.487 e. The van der Waals surface area contributed by atoms with Crippen molar-refractivity contribution in [1.29, 1.82) is 5.26 Å². The topological polar surface area (TPSA) is 163 Å². The first kappa shape index (κ1) is 36.2. The first-order valence-corrected chi connectivity index (χ1v) is 17.7. The van der Waals surface area contributed by atoms with E-state index in [2.05, 4.69) is 74.2 Å². The van der Waals surface area contributed by atoms with Crippen LogP contribution in [0.2, 0.25) is 0 Å². The predicted molar refractivity (Wildman–Crippen MR) is 190 cm³/mol. The van der Waals surface area contributed by atoms with E-state index in [-0.39, 0.29) is 29.8 Å². The van der Waals surface area contributed by atoms with Crippen LogP contribution >= 0.6 is 0 Å².